The molecule has 0 saturated carbocycles. The van der Waals surface area contributed by atoms with Crippen molar-refractivity contribution in [3.8, 4) is 0 Å². The lowest BCUT2D eigenvalue weighted by atomic mass is 10.2. The monoisotopic (exact) mass is 266 g/mol. The van der Waals surface area contributed by atoms with Crippen molar-refractivity contribution < 1.29 is 5.11 Å². The van der Waals surface area contributed by atoms with Gasteiger partial charge >= 0.3 is 0 Å². The van der Waals surface area contributed by atoms with E-state index in [1.165, 1.54) is 0 Å². The van der Waals surface area contributed by atoms with Gasteiger partial charge in [-0.3, -0.25) is 0 Å². The maximum atomic E-state index is 8.72. The van der Waals surface area contributed by atoms with Gasteiger partial charge in [0.2, 0.25) is 0 Å². The third-order valence-electron chi connectivity index (χ3n) is 2.15. The number of halogens is 1. The van der Waals surface area contributed by atoms with Gasteiger partial charge in [0.15, 0.2) is 0 Å². The summed E-state index contributed by atoms with van der Waals surface area (Å²) in [5, 5.41) is 9.76. The molecule has 0 fully saturated rings. The van der Waals surface area contributed by atoms with Crippen LogP contribution in [0, 0.1) is 0 Å². The molecule has 0 aliphatic rings. The fraction of sp³-hybridized carbons (Fsp3) is 0.273. The third kappa shape index (κ3) is 2.52. The van der Waals surface area contributed by atoms with Crippen LogP contribution in [0.5, 0.6) is 0 Å². The van der Waals surface area contributed by atoms with Gasteiger partial charge in [-0.1, -0.05) is 22.0 Å². The summed E-state index contributed by atoms with van der Waals surface area (Å²) in [4.78, 5) is 8.66. The molecule has 1 N–H and O–H groups in total. The molecule has 0 amide bonds. The molecule has 15 heavy (non-hydrogen) atoms. The van der Waals surface area contributed by atoms with E-state index in [0.29, 0.717) is 6.42 Å². The van der Waals surface area contributed by atoms with E-state index in [9.17, 15) is 0 Å². The van der Waals surface area contributed by atoms with Crippen LogP contribution in [-0.2, 0) is 6.42 Å². The number of rotatable bonds is 3. The first-order chi connectivity index (χ1) is 7.29. The fourth-order valence-corrected chi connectivity index (χ4v) is 1.74. The number of hydrogen-bond donors (Lipinski definition) is 1. The Hall–Kier alpha value is -1.00. The zero-order valence-electron chi connectivity index (χ0n) is 8.15. The lowest BCUT2D eigenvalue weighted by Crippen LogP contribution is -1.97. The largest absolute Gasteiger partial charge is 0.396 e. The molecule has 1 heterocycles. The molecule has 0 unspecified atom stereocenters. The van der Waals surface area contributed by atoms with Crippen molar-refractivity contribution in [2.45, 2.75) is 12.8 Å². The van der Waals surface area contributed by atoms with E-state index in [2.05, 4.69) is 25.9 Å². The molecular formula is C11H11BrN2O. The van der Waals surface area contributed by atoms with Crippen LogP contribution in [0.2, 0.25) is 0 Å². The van der Waals surface area contributed by atoms with Crippen molar-refractivity contribution in [3.63, 3.8) is 0 Å². The zero-order valence-corrected chi connectivity index (χ0v) is 9.74. The number of fused-ring (bicyclic) bond motifs is 1. The molecule has 0 aliphatic carbocycles. The van der Waals surface area contributed by atoms with E-state index in [1.807, 2.05) is 24.4 Å². The first kappa shape index (κ1) is 10.5. The molecule has 2 rings (SSSR count). The molecule has 2 aromatic rings. The molecule has 1 aromatic heterocycles. The predicted octanol–water partition coefficient (Wildman–Crippen LogP) is 2.32. The summed E-state index contributed by atoms with van der Waals surface area (Å²) in [5.41, 5.74) is 0.937. The number of hydrogen-bond acceptors (Lipinski definition) is 3. The van der Waals surface area contributed by atoms with Crippen molar-refractivity contribution in [1.82, 2.24) is 9.97 Å². The van der Waals surface area contributed by atoms with Crippen LogP contribution >= 0.6 is 15.9 Å². The second-order valence-corrected chi connectivity index (χ2v) is 4.23. The average Bonchev–Trinajstić information content (AvgIpc) is 2.25. The molecule has 1 aromatic carbocycles. The van der Waals surface area contributed by atoms with Crippen molar-refractivity contribution in [2.75, 3.05) is 6.61 Å². The van der Waals surface area contributed by atoms with E-state index < -0.39 is 0 Å². The lowest BCUT2D eigenvalue weighted by molar-refractivity contribution is 0.287. The average molecular weight is 267 g/mol. The number of aryl methyl sites for hydroxylation is 1. The van der Waals surface area contributed by atoms with Gasteiger partial charge in [0.05, 0.1) is 5.52 Å². The summed E-state index contributed by atoms with van der Waals surface area (Å²) in [6.07, 6.45) is 3.25. The molecule has 0 radical (unpaired) electrons. The normalized spacial score (nSPS) is 10.8. The van der Waals surface area contributed by atoms with Crippen molar-refractivity contribution in [3.05, 3.63) is 34.7 Å². The fourth-order valence-electron chi connectivity index (χ4n) is 1.39. The first-order valence-corrected chi connectivity index (χ1v) is 5.61. The summed E-state index contributed by atoms with van der Waals surface area (Å²) in [7, 11) is 0. The van der Waals surface area contributed by atoms with Gasteiger partial charge < -0.3 is 5.11 Å². The molecule has 0 spiro atoms. The molecule has 3 nitrogen and oxygen atoms in total. The molecule has 4 heteroatoms. The van der Waals surface area contributed by atoms with E-state index in [0.717, 1.165) is 27.6 Å². The first-order valence-electron chi connectivity index (χ1n) is 4.81. The standard InChI is InChI=1S/C11H11BrN2O/c12-9-4-3-8-7-13-11(2-1-5-15)14-10(8)6-9/h3-4,6-7,15H,1-2,5H2. The number of aromatic nitrogens is 2. The summed E-state index contributed by atoms with van der Waals surface area (Å²) in [6, 6.07) is 5.92. The van der Waals surface area contributed by atoms with Crippen LogP contribution in [-0.4, -0.2) is 21.7 Å². The highest BCUT2D eigenvalue weighted by Crippen LogP contribution is 2.17. The minimum atomic E-state index is 0.180. The van der Waals surface area contributed by atoms with E-state index >= 15 is 0 Å². The minimum Gasteiger partial charge on any atom is -0.396 e. The van der Waals surface area contributed by atoms with E-state index in [1.54, 1.807) is 0 Å². The van der Waals surface area contributed by atoms with Crippen molar-refractivity contribution in [1.29, 1.82) is 0 Å². The van der Waals surface area contributed by atoms with Gasteiger partial charge in [0, 0.05) is 29.1 Å². The topological polar surface area (TPSA) is 46.0 Å². The Kier molecular flexibility index (Phi) is 3.28. The highest BCUT2D eigenvalue weighted by molar-refractivity contribution is 9.10. The maximum absolute atomic E-state index is 8.72. The van der Waals surface area contributed by atoms with Crippen molar-refractivity contribution in [2.24, 2.45) is 0 Å². The highest BCUT2D eigenvalue weighted by atomic mass is 79.9. The van der Waals surface area contributed by atoms with Gasteiger partial charge in [0.1, 0.15) is 5.82 Å². The van der Waals surface area contributed by atoms with Gasteiger partial charge in [-0.25, -0.2) is 9.97 Å². The summed E-state index contributed by atoms with van der Waals surface area (Å²) in [5.74, 6) is 0.787. The summed E-state index contributed by atoms with van der Waals surface area (Å²) >= 11 is 3.41. The highest BCUT2D eigenvalue weighted by Gasteiger charge is 2.00. The number of nitrogens with zero attached hydrogens (tertiary/aromatic N) is 2. The van der Waals surface area contributed by atoms with Crippen LogP contribution < -0.4 is 0 Å². The van der Waals surface area contributed by atoms with Gasteiger partial charge in [-0.15, -0.1) is 0 Å². The summed E-state index contributed by atoms with van der Waals surface area (Å²) < 4.78 is 1.02. The molecule has 78 valence electrons. The zero-order chi connectivity index (χ0) is 10.7. The smallest absolute Gasteiger partial charge is 0.129 e. The Bertz CT molecular complexity index is 473. The second kappa shape index (κ2) is 4.68. The number of benzene rings is 1. The van der Waals surface area contributed by atoms with Crippen molar-refractivity contribution >= 4 is 26.8 Å². The number of aliphatic hydroxyl groups is 1. The Morgan fingerprint density at radius 1 is 1.33 bits per heavy atom. The third-order valence-corrected chi connectivity index (χ3v) is 2.65. The predicted molar refractivity (Wildman–Crippen MR) is 62.6 cm³/mol. The molecule has 0 saturated heterocycles. The van der Waals surface area contributed by atoms with Crippen LogP contribution in [0.3, 0.4) is 0 Å². The molecule has 0 bridgehead atoms. The van der Waals surface area contributed by atoms with Gasteiger partial charge in [0.25, 0.3) is 0 Å². The Morgan fingerprint density at radius 3 is 3.00 bits per heavy atom. The Labute approximate surface area is 96.3 Å². The second-order valence-electron chi connectivity index (χ2n) is 3.32. The Balaban J connectivity index is 2.36. The lowest BCUT2D eigenvalue weighted by Gasteiger charge is -2.01. The molecular weight excluding hydrogens is 256 g/mol. The van der Waals surface area contributed by atoms with E-state index in [-0.39, 0.29) is 6.61 Å². The summed E-state index contributed by atoms with van der Waals surface area (Å²) in [6.45, 7) is 0.180. The minimum absolute atomic E-state index is 0.180. The maximum Gasteiger partial charge on any atom is 0.129 e. The number of aliphatic hydroxyl groups excluding tert-OH is 1. The van der Waals surface area contributed by atoms with Crippen LogP contribution in [0.25, 0.3) is 10.9 Å². The SMILES string of the molecule is OCCCc1ncc2ccc(Br)cc2n1. The molecule has 0 aliphatic heterocycles. The van der Waals surface area contributed by atoms with Crippen LogP contribution in [0.4, 0.5) is 0 Å². The van der Waals surface area contributed by atoms with Gasteiger partial charge in [-0.2, -0.15) is 0 Å². The molecule has 0 atom stereocenters. The Morgan fingerprint density at radius 2 is 2.20 bits per heavy atom. The van der Waals surface area contributed by atoms with E-state index in [4.69, 9.17) is 5.11 Å². The van der Waals surface area contributed by atoms with Crippen LogP contribution in [0.1, 0.15) is 12.2 Å². The van der Waals surface area contributed by atoms with Gasteiger partial charge in [-0.05, 0) is 18.6 Å². The quantitative estimate of drug-likeness (QED) is 0.928. The van der Waals surface area contributed by atoms with Crippen LogP contribution in [0.15, 0.2) is 28.9 Å².